The van der Waals surface area contributed by atoms with Crippen LogP contribution in [0.2, 0.25) is 0 Å². The number of carbonyl (C=O) groups excluding carboxylic acids is 2. The van der Waals surface area contributed by atoms with Gasteiger partial charge in [0, 0.05) is 23.6 Å². The molecule has 5 heteroatoms. The van der Waals surface area contributed by atoms with Crippen LogP contribution in [0.25, 0.3) is 6.08 Å². The lowest BCUT2D eigenvalue weighted by atomic mass is 10.1. The number of ketones is 1. The van der Waals surface area contributed by atoms with Crippen LogP contribution in [0, 0.1) is 11.3 Å². The molecule has 2 rings (SSSR count). The zero-order valence-corrected chi connectivity index (χ0v) is 11.9. The third-order valence-electron chi connectivity index (χ3n) is 2.91. The molecule has 1 aromatic carbocycles. The molecular weight excluding hydrogens is 278 g/mol. The molecule has 1 aromatic heterocycles. The number of hydrogen-bond donors (Lipinski definition) is 1. The van der Waals surface area contributed by atoms with Gasteiger partial charge in [0.25, 0.3) is 5.91 Å². The minimum Gasteiger partial charge on any atom is -0.321 e. The Morgan fingerprint density at radius 3 is 2.59 bits per heavy atom. The van der Waals surface area contributed by atoms with Gasteiger partial charge in [-0.3, -0.25) is 14.6 Å². The quantitative estimate of drug-likeness (QED) is 0.533. The van der Waals surface area contributed by atoms with Crippen molar-refractivity contribution in [3.05, 3.63) is 65.5 Å². The third-order valence-corrected chi connectivity index (χ3v) is 2.91. The summed E-state index contributed by atoms with van der Waals surface area (Å²) in [4.78, 5) is 27.3. The number of anilines is 1. The summed E-state index contributed by atoms with van der Waals surface area (Å²) < 4.78 is 0. The van der Waals surface area contributed by atoms with Gasteiger partial charge in [-0.2, -0.15) is 5.26 Å². The SMILES string of the molecule is CC(=O)c1cccc(NC(=O)/C(C#N)=C/c2ccncc2)c1. The van der Waals surface area contributed by atoms with Crippen LogP contribution in [-0.4, -0.2) is 16.7 Å². The van der Waals surface area contributed by atoms with Crippen molar-refractivity contribution >= 4 is 23.5 Å². The van der Waals surface area contributed by atoms with Crippen molar-refractivity contribution < 1.29 is 9.59 Å². The molecule has 108 valence electrons. The second kappa shape index (κ2) is 6.95. The van der Waals surface area contributed by atoms with Crippen molar-refractivity contribution in [1.29, 1.82) is 5.26 Å². The summed E-state index contributed by atoms with van der Waals surface area (Å²) in [5.41, 5.74) is 1.64. The summed E-state index contributed by atoms with van der Waals surface area (Å²) in [6.45, 7) is 1.45. The molecular formula is C17H13N3O2. The number of aromatic nitrogens is 1. The molecule has 0 bridgehead atoms. The predicted octanol–water partition coefficient (Wildman–Crippen LogP) is 2.83. The Morgan fingerprint density at radius 1 is 1.23 bits per heavy atom. The van der Waals surface area contributed by atoms with E-state index in [1.54, 1.807) is 48.8 Å². The van der Waals surface area contributed by atoms with Crippen LogP contribution >= 0.6 is 0 Å². The van der Waals surface area contributed by atoms with E-state index < -0.39 is 5.91 Å². The molecule has 0 aliphatic heterocycles. The molecule has 0 saturated heterocycles. The second-order valence-corrected chi connectivity index (χ2v) is 4.54. The first kappa shape index (κ1) is 15.1. The van der Waals surface area contributed by atoms with E-state index in [0.29, 0.717) is 16.8 Å². The molecule has 1 amide bonds. The zero-order valence-electron chi connectivity index (χ0n) is 11.9. The van der Waals surface area contributed by atoms with Gasteiger partial charge >= 0.3 is 0 Å². The molecule has 22 heavy (non-hydrogen) atoms. The van der Waals surface area contributed by atoms with Crippen LogP contribution in [0.15, 0.2) is 54.4 Å². The summed E-state index contributed by atoms with van der Waals surface area (Å²) in [7, 11) is 0. The second-order valence-electron chi connectivity index (χ2n) is 4.54. The fourth-order valence-corrected chi connectivity index (χ4v) is 1.79. The van der Waals surface area contributed by atoms with Crippen LogP contribution in [0.3, 0.4) is 0 Å². The first-order valence-corrected chi connectivity index (χ1v) is 6.54. The van der Waals surface area contributed by atoms with Crippen molar-refractivity contribution in [2.45, 2.75) is 6.92 Å². The van der Waals surface area contributed by atoms with Crippen LogP contribution in [0.1, 0.15) is 22.8 Å². The van der Waals surface area contributed by atoms with E-state index in [1.165, 1.54) is 13.0 Å². The minimum absolute atomic E-state index is 0.0283. The van der Waals surface area contributed by atoms with E-state index >= 15 is 0 Å². The highest BCUT2D eigenvalue weighted by Crippen LogP contribution is 2.13. The molecule has 0 aliphatic carbocycles. The Kier molecular flexibility index (Phi) is 4.78. The van der Waals surface area contributed by atoms with E-state index in [4.69, 9.17) is 5.26 Å². The molecule has 0 fully saturated rings. The largest absolute Gasteiger partial charge is 0.321 e. The lowest BCUT2D eigenvalue weighted by molar-refractivity contribution is -0.112. The fraction of sp³-hybridized carbons (Fsp3) is 0.0588. The van der Waals surface area contributed by atoms with Gasteiger partial charge in [0.1, 0.15) is 11.6 Å². The number of benzene rings is 1. The molecule has 0 atom stereocenters. The highest BCUT2D eigenvalue weighted by Gasteiger charge is 2.10. The lowest BCUT2D eigenvalue weighted by Gasteiger charge is -2.05. The van der Waals surface area contributed by atoms with E-state index in [1.807, 2.05) is 6.07 Å². The van der Waals surface area contributed by atoms with Crippen molar-refractivity contribution in [1.82, 2.24) is 4.98 Å². The van der Waals surface area contributed by atoms with Crippen LogP contribution in [0.5, 0.6) is 0 Å². The Morgan fingerprint density at radius 2 is 1.95 bits per heavy atom. The fourth-order valence-electron chi connectivity index (χ4n) is 1.79. The number of nitrogens with zero attached hydrogens (tertiary/aromatic N) is 2. The summed E-state index contributed by atoms with van der Waals surface area (Å²) in [5.74, 6) is -0.621. The smallest absolute Gasteiger partial charge is 0.266 e. The van der Waals surface area contributed by atoms with Crippen molar-refractivity contribution in [3.8, 4) is 6.07 Å². The average molecular weight is 291 g/mol. The van der Waals surface area contributed by atoms with E-state index in [-0.39, 0.29) is 11.4 Å². The van der Waals surface area contributed by atoms with E-state index in [2.05, 4.69) is 10.3 Å². The number of rotatable bonds is 4. The Bertz CT molecular complexity index is 774. The number of hydrogen-bond acceptors (Lipinski definition) is 4. The Balaban J connectivity index is 2.20. The van der Waals surface area contributed by atoms with Gasteiger partial charge in [-0.15, -0.1) is 0 Å². The van der Waals surface area contributed by atoms with Gasteiger partial charge in [-0.25, -0.2) is 0 Å². The summed E-state index contributed by atoms with van der Waals surface area (Å²) in [6, 6.07) is 11.8. The molecule has 0 unspecified atom stereocenters. The highest BCUT2D eigenvalue weighted by atomic mass is 16.1. The number of nitrogens with one attached hydrogen (secondary N) is 1. The average Bonchev–Trinajstić information content (AvgIpc) is 2.53. The monoisotopic (exact) mass is 291 g/mol. The number of Topliss-reactive ketones (excluding diaryl/α,β-unsaturated/α-hetero) is 1. The minimum atomic E-state index is -0.528. The first-order chi connectivity index (χ1) is 10.6. The number of amides is 1. The maximum Gasteiger partial charge on any atom is 0.266 e. The zero-order chi connectivity index (χ0) is 15.9. The van der Waals surface area contributed by atoms with Crippen LogP contribution in [0.4, 0.5) is 5.69 Å². The topological polar surface area (TPSA) is 82.9 Å². The number of pyridine rings is 1. The maximum absolute atomic E-state index is 12.1. The molecule has 2 aromatic rings. The molecule has 1 heterocycles. The highest BCUT2D eigenvalue weighted by molar-refractivity contribution is 6.10. The standard InChI is InChI=1S/C17H13N3O2/c1-12(21)14-3-2-4-16(10-14)20-17(22)15(11-18)9-13-5-7-19-8-6-13/h2-10H,1H3,(H,20,22)/b15-9+. The number of nitriles is 1. The van der Waals surface area contributed by atoms with E-state index in [0.717, 1.165) is 0 Å². The van der Waals surface area contributed by atoms with Gasteiger partial charge in [0.2, 0.25) is 0 Å². The normalized spacial score (nSPS) is 10.6. The maximum atomic E-state index is 12.1. The molecule has 0 saturated carbocycles. The Hall–Kier alpha value is -3.26. The van der Waals surface area contributed by atoms with Crippen molar-refractivity contribution in [3.63, 3.8) is 0 Å². The summed E-state index contributed by atoms with van der Waals surface area (Å²) in [6.07, 6.45) is 4.63. The van der Waals surface area contributed by atoms with Crippen LogP contribution < -0.4 is 5.32 Å². The lowest BCUT2D eigenvalue weighted by Crippen LogP contribution is -2.13. The van der Waals surface area contributed by atoms with Gasteiger partial charge in [0.05, 0.1) is 0 Å². The van der Waals surface area contributed by atoms with Gasteiger partial charge in [-0.1, -0.05) is 12.1 Å². The molecule has 0 radical (unpaired) electrons. The van der Waals surface area contributed by atoms with Crippen molar-refractivity contribution in [2.24, 2.45) is 0 Å². The molecule has 5 nitrogen and oxygen atoms in total. The molecule has 0 spiro atoms. The molecule has 1 N–H and O–H groups in total. The Labute approximate surface area is 127 Å². The third kappa shape index (κ3) is 3.87. The van der Waals surface area contributed by atoms with Crippen LogP contribution in [-0.2, 0) is 4.79 Å². The number of carbonyl (C=O) groups is 2. The summed E-state index contributed by atoms with van der Waals surface area (Å²) >= 11 is 0. The first-order valence-electron chi connectivity index (χ1n) is 6.54. The molecule has 0 aliphatic rings. The summed E-state index contributed by atoms with van der Waals surface area (Å²) in [5, 5.41) is 11.7. The van der Waals surface area contributed by atoms with E-state index in [9.17, 15) is 9.59 Å². The van der Waals surface area contributed by atoms with Crippen molar-refractivity contribution in [2.75, 3.05) is 5.32 Å². The predicted molar refractivity (Wildman–Crippen MR) is 82.9 cm³/mol. The van der Waals surface area contributed by atoms with Gasteiger partial charge in [-0.05, 0) is 42.8 Å². The van der Waals surface area contributed by atoms with Gasteiger partial charge < -0.3 is 5.32 Å². The van der Waals surface area contributed by atoms with Gasteiger partial charge in [0.15, 0.2) is 5.78 Å².